The van der Waals surface area contributed by atoms with Crippen LogP contribution in [0, 0.1) is 0 Å². The van der Waals surface area contributed by atoms with Gasteiger partial charge >= 0.3 is 0 Å². The molecular weight excluding hydrogens is 306 g/mol. The average Bonchev–Trinajstić information content (AvgIpc) is 2.71. The van der Waals surface area contributed by atoms with E-state index in [0.29, 0.717) is 5.02 Å². The molecule has 0 heterocycles. The van der Waals surface area contributed by atoms with Gasteiger partial charge < -0.3 is 5.32 Å². The second kappa shape index (κ2) is 7.61. The Labute approximate surface area is 133 Å². The van der Waals surface area contributed by atoms with Crippen LogP contribution >= 0.6 is 11.6 Å². The first kappa shape index (κ1) is 16.8. The molecule has 0 radical (unpaired) electrons. The Hall–Kier alpha value is -0.580. The van der Waals surface area contributed by atoms with E-state index < -0.39 is 9.84 Å². The third-order valence-electron chi connectivity index (χ3n) is 4.15. The molecule has 1 aromatic rings. The van der Waals surface area contributed by atoms with E-state index in [2.05, 4.69) is 12.2 Å². The quantitative estimate of drug-likeness (QED) is 0.835. The van der Waals surface area contributed by atoms with Gasteiger partial charge in [-0.05, 0) is 37.9 Å². The first-order valence-electron chi connectivity index (χ1n) is 7.79. The normalized spacial score (nSPS) is 23.7. The lowest BCUT2D eigenvalue weighted by Crippen LogP contribution is -2.44. The van der Waals surface area contributed by atoms with E-state index in [1.807, 2.05) is 0 Å². The highest BCUT2D eigenvalue weighted by Gasteiger charge is 2.36. The largest absolute Gasteiger partial charge is 0.313 e. The minimum Gasteiger partial charge on any atom is -0.313 e. The van der Waals surface area contributed by atoms with Crippen molar-refractivity contribution in [2.24, 2.45) is 0 Å². The van der Waals surface area contributed by atoms with Gasteiger partial charge in [0.2, 0.25) is 0 Å². The monoisotopic (exact) mass is 329 g/mol. The topological polar surface area (TPSA) is 46.2 Å². The highest BCUT2D eigenvalue weighted by Crippen LogP contribution is 2.31. The molecule has 0 amide bonds. The Morgan fingerprint density at radius 1 is 1.19 bits per heavy atom. The predicted octanol–water partition coefficient (Wildman–Crippen LogP) is 3.81. The van der Waals surface area contributed by atoms with Gasteiger partial charge in [0.15, 0.2) is 9.84 Å². The molecule has 3 nitrogen and oxygen atoms in total. The van der Waals surface area contributed by atoms with Crippen LogP contribution in [-0.2, 0) is 9.84 Å². The van der Waals surface area contributed by atoms with E-state index in [-0.39, 0.29) is 16.2 Å². The van der Waals surface area contributed by atoms with Crippen molar-refractivity contribution in [1.29, 1.82) is 0 Å². The molecule has 1 saturated carbocycles. The molecule has 1 fully saturated rings. The zero-order chi connectivity index (χ0) is 15.3. The van der Waals surface area contributed by atoms with Crippen LogP contribution in [0.15, 0.2) is 29.2 Å². The van der Waals surface area contributed by atoms with Crippen molar-refractivity contribution < 1.29 is 8.42 Å². The standard InChI is InChI=1S/C16H24ClNO2S/c1-2-12-18-14-9-4-3-5-11-16(14)21(19,20)15-10-7-6-8-13(15)17/h6-8,10,14,16,18H,2-5,9,11-12H2,1H3. The Kier molecular flexibility index (Phi) is 6.08. The fraction of sp³-hybridized carbons (Fsp3) is 0.625. The molecule has 1 N–H and O–H groups in total. The van der Waals surface area contributed by atoms with E-state index in [4.69, 9.17) is 11.6 Å². The maximum atomic E-state index is 13.0. The van der Waals surface area contributed by atoms with E-state index >= 15 is 0 Å². The molecule has 2 rings (SSSR count). The predicted molar refractivity (Wildman–Crippen MR) is 87.6 cm³/mol. The van der Waals surface area contributed by atoms with Crippen LogP contribution in [0.3, 0.4) is 0 Å². The van der Waals surface area contributed by atoms with Gasteiger partial charge in [-0.3, -0.25) is 0 Å². The Balaban J connectivity index is 2.32. The van der Waals surface area contributed by atoms with Crippen LogP contribution in [-0.4, -0.2) is 26.3 Å². The summed E-state index contributed by atoms with van der Waals surface area (Å²) in [7, 11) is -3.39. The lowest BCUT2D eigenvalue weighted by molar-refractivity contribution is 0.450. The number of rotatable bonds is 5. The van der Waals surface area contributed by atoms with Crippen LogP contribution < -0.4 is 5.32 Å². The summed E-state index contributed by atoms with van der Waals surface area (Å²) in [6.07, 6.45) is 5.83. The Morgan fingerprint density at radius 2 is 1.90 bits per heavy atom. The number of sulfone groups is 1. The summed E-state index contributed by atoms with van der Waals surface area (Å²) in [4.78, 5) is 0.280. The molecule has 2 unspecified atom stereocenters. The molecule has 0 bridgehead atoms. The van der Waals surface area contributed by atoms with Crippen molar-refractivity contribution in [2.75, 3.05) is 6.54 Å². The van der Waals surface area contributed by atoms with Gasteiger partial charge in [-0.1, -0.05) is 49.9 Å². The van der Waals surface area contributed by atoms with Crippen LogP contribution in [0.1, 0.15) is 45.4 Å². The highest BCUT2D eigenvalue weighted by molar-refractivity contribution is 7.92. The summed E-state index contributed by atoms with van der Waals surface area (Å²) in [5.74, 6) is 0. The SMILES string of the molecule is CCCNC1CCCCCC1S(=O)(=O)c1ccccc1Cl. The molecule has 21 heavy (non-hydrogen) atoms. The van der Waals surface area contributed by atoms with Crippen LogP contribution in [0.2, 0.25) is 5.02 Å². The molecule has 2 atom stereocenters. The number of benzene rings is 1. The van der Waals surface area contributed by atoms with E-state index in [1.54, 1.807) is 24.3 Å². The smallest absolute Gasteiger partial charge is 0.184 e. The molecule has 1 aliphatic carbocycles. The summed E-state index contributed by atoms with van der Waals surface area (Å²) in [5, 5.41) is 3.40. The molecule has 0 spiro atoms. The highest BCUT2D eigenvalue weighted by atomic mass is 35.5. The van der Waals surface area contributed by atoms with Gasteiger partial charge in [0.25, 0.3) is 0 Å². The summed E-state index contributed by atoms with van der Waals surface area (Å²) in [6, 6.07) is 6.82. The fourth-order valence-electron chi connectivity index (χ4n) is 3.05. The number of nitrogens with one attached hydrogen (secondary N) is 1. The van der Waals surface area contributed by atoms with Crippen LogP contribution in [0.25, 0.3) is 0 Å². The van der Waals surface area contributed by atoms with E-state index in [0.717, 1.165) is 45.1 Å². The van der Waals surface area contributed by atoms with Gasteiger partial charge in [-0.15, -0.1) is 0 Å². The van der Waals surface area contributed by atoms with Crippen molar-refractivity contribution in [3.63, 3.8) is 0 Å². The zero-order valence-electron chi connectivity index (χ0n) is 12.5. The Morgan fingerprint density at radius 3 is 2.62 bits per heavy atom. The second-order valence-electron chi connectivity index (χ2n) is 5.71. The third kappa shape index (κ3) is 3.99. The Bertz CT molecular complexity index is 559. The van der Waals surface area contributed by atoms with Crippen molar-refractivity contribution in [1.82, 2.24) is 5.32 Å². The maximum absolute atomic E-state index is 13.0. The number of hydrogen-bond donors (Lipinski definition) is 1. The summed E-state index contributed by atoms with van der Waals surface area (Å²) < 4.78 is 26.0. The lowest BCUT2D eigenvalue weighted by atomic mass is 10.1. The summed E-state index contributed by atoms with van der Waals surface area (Å²) >= 11 is 6.12. The average molecular weight is 330 g/mol. The molecule has 1 aliphatic rings. The minimum absolute atomic E-state index is 0.0359. The van der Waals surface area contributed by atoms with Crippen molar-refractivity contribution in [3.8, 4) is 0 Å². The second-order valence-corrected chi connectivity index (χ2v) is 8.26. The molecule has 0 aromatic heterocycles. The molecule has 118 valence electrons. The van der Waals surface area contributed by atoms with Crippen molar-refractivity contribution in [3.05, 3.63) is 29.3 Å². The van der Waals surface area contributed by atoms with Gasteiger partial charge in [0.05, 0.1) is 15.2 Å². The number of halogens is 1. The van der Waals surface area contributed by atoms with Gasteiger partial charge in [-0.2, -0.15) is 0 Å². The van der Waals surface area contributed by atoms with E-state index in [9.17, 15) is 8.42 Å². The maximum Gasteiger partial charge on any atom is 0.184 e. The van der Waals surface area contributed by atoms with Crippen LogP contribution in [0.5, 0.6) is 0 Å². The third-order valence-corrected chi connectivity index (χ3v) is 6.92. The van der Waals surface area contributed by atoms with Crippen LogP contribution in [0.4, 0.5) is 0 Å². The first-order valence-corrected chi connectivity index (χ1v) is 9.71. The first-order chi connectivity index (χ1) is 10.1. The zero-order valence-corrected chi connectivity index (χ0v) is 14.1. The van der Waals surface area contributed by atoms with Gasteiger partial charge in [-0.25, -0.2) is 8.42 Å². The van der Waals surface area contributed by atoms with Crippen molar-refractivity contribution >= 4 is 21.4 Å². The lowest BCUT2D eigenvalue weighted by Gasteiger charge is -2.26. The summed E-state index contributed by atoms with van der Waals surface area (Å²) in [6.45, 7) is 2.96. The van der Waals surface area contributed by atoms with Crippen molar-refractivity contribution in [2.45, 2.75) is 61.6 Å². The molecule has 1 aromatic carbocycles. The molecule has 0 saturated heterocycles. The number of hydrogen-bond acceptors (Lipinski definition) is 3. The minimum atomic E-state index is -3.39. The molecule has 0 aliphatic heterocycles. The molecular formula is C16H24ClNO2S. The summed E-state index contributed by atoms with van der Waals surface area (Å²) in [5.41, 5.74) is 0. The molecule has 5 heteroatoms. The van der Waals surface area contributed by atoms with Gasteiger partial charge in [0, 0.05) is 6.04 Å². The fourth-order valence-corrected chi connectivity index (χ4v) is 5.58. The van der Waals surface area contributed by atoms with Gasteiger partial charge in [0.1, 0.15) is 0 Å². The van der Waals surface area contributed by atoms with E-state index in [1.165, 1.54) is 0 Å².